The summed E-state index contributed by atoms with van der Waals surface area (Å²) in [6.45, 7) is 3.64. The summed E-state index contributed by atoms with van der Waals surface area (Å²) >= 11 is 0. The second-order valence-corrected chi connectivity index (χ2v) is 4.79. The molecular weight excluding hydrogens is 268 g/mol. The molecule has 2 heterocycles. The number of H-pyrrole nitrogens is 1. The van der Waals surface area contributed by atoms with Gasteiger partial charge in [0.05, 0.1) is 17.3 Å². The van der Waals surface area contributed by atoms with Crippen molar-refractivity contribution < 1.29 is 4.79 Å². The van der Waals surface area contributed by atoms with Gasteiger partial charge < -0.3 is 11.1 Å². The Balaban J connectivity index is 2.15. The number of amides is 1. The molecule has 0 radical (unpaired) electrons. The van der Waals surface area contributed by atoms with Gasteiger partial charge in [0.1, 0.15) is 17.5 Å². The molecule has 0 unspecified atom stereocenters. The van der Waals surface area contributed by atoms with Crippen LogP contribution in [0.2, 0.25) is 0 Å². The molecule has 0 aliphatic heterocycles. The number of aryl methyl sites for hydroxylation is 2. The number of nitrogens with two attached hydrogens (primary N) is 1. The lowest BCUT2D eigenvalue weighted by Gasteiger charge is -2.09. The summed E-state index contributed by atoms with van der Waals surface area (Å²) in [6, 6.07) is 5.32. The molecule has 3 rings (SSSR count). The zero-order valence-corrected chi connectivity index (χ0v) is 11.6. The predicted molar refractivity (Wildman–Crippen MR) is 80.0 cm³/mol. The second-order valence-electron chi connectivity index (χ2n) is 4.79. The number of aromatic nitrogens is 4. The van der Waals surface area contributed by atoms with Crippen molar-refractivity contribution in [1.29, 1.82) is 0 Å². The highest BCUT2D eigenvalue weighted by atomic mass is 16.1. The van der Waals surface area contributed by atoms with Crippen LogP contribution in [0, 0.1) is 13.8 Å². The van der Waals surface area contributed by atoms with Crippen molar-refractivity contribution in [2.45, 2.75) is 13.8 Å². The Morgan fingerprint density at radius 3 is 2.81 bits per heavy atom. The number of benzene rings is 1. The maximum atomic E-state index is 12.4. The number of aromatic amines is 1. The van der Waals surface area contributed by atoms with Crippen LogP contribution < -0.4 is 11.1 Å². The molecule has 0 aliphatic rings. The van der Waals surface area contributed by atoms with Gasteiger partial charge in [-0.1, -0.05) is 0 Å². The van der Waals surface area contributed by atoms with Gasteiger partial charge in [-0.15, -0.1) is 0 Å². The number of carbonyl (C=O) groups is 1. The molecule has 106 valence electrons. The van der Waals surface area contributed by atoms with E-state index in [0.29, 0.717) is 33.9 Å². The van der Waals surface area contributed by atoms with Gasteiger partial charge >= 0.3 is 0 Å². The average Bonchev–Trinajstić information content (AvgIpc) is 2.91. The Morgan fingerprint density at radius 1 is 1.29 bits per heavy atom. The van der Waals surface area contributed by atoms with E-state index in [1.54, 1.807) is 25.3 Å². The van der Waals surface area contributed by atoms with Crippen molar-refractivity contribution in [2.24, 2.45) is 0 Å². The number of nitrogens with one attached hydrogen (secondary N) is 2. The van der Waals surface area contributed by atoms with E-state index in [4.69, 9.17) is 5.73 Å². The Morgan fingerprint density at radius 2 is 2.10 bits per heavy atom. The van der Waals surface area contributed by atoms with Crippen molar-refractivity contribution in [3.8, 4) is 0 Å². The van der Waals surface area contributed by atoms with Crippen molar-refractivity contribution in [3.63, 3.8) is 0 Å². The third-order valence-electron chi connectivity index (χ3n) is 3.08. The van der Waals surface area contributed by atoms with Crippen LogP contribution in [0.4, 0.5) is 11.6 Å². The molecule has 0 saturated heterocycles. The molecule has 0 bridgehead atoms. The summed E-state index contributed by atoms with van der Waals surface area (Å²) in [6.07, 6.45) is 1.56. The van der Waals surface area contributed by atoms with Crippen molar-refractivity contribution in [3.05, 3.63) is 41.3 Å². The van der Waals surface area contributed by atoms with Gasteiger partial charge in [0, 0.05) is 11.5 Å². The maximum Gasteiger partial charge on any atom is 0.259 e. The molecule has 7 nitrogen and oxygen atoms in total. The summed E-state index contributed by atoms with van der Waals surface area (Å²) in [4.78, 5) is 20.9. The summed E-state index contributed by atoms with van der Waals surface area (Å²) < 4.78 is 0. The smallest absolute Gasteiger partial charge is 0.259 e. The standard InChI is InChI=1S/C14H14N6O/c1-7-5-9-12(17-8(2)18-13(9)15)10(6-7)14(21)19-11-3-4-16-20-11/h3-6H,1-2H3,(H2,15,17,18)(H2,16,19,20,21). The van der Waals surface area contributed by atoms with Gasteiger partial charge in [0.25, 0.3) is 5.91 Å². The largest absolute Gasteiger partial charge is 0.383 e. The lowest BCUT2D eigenvalue weighted by Crippen LogP contribution is -2.14. The zero-order valence-electron chi connectivity index (χ0n) is 11.6. The van der Waals surface area contributed by atoms with E-state index in [9.17, 15) is 4.79 Å². The number of anilines is 2. The maximum absolute atomic E-state index is 12.4. The predicted octanol–water partition coefficient (Wildman–Crippen LogP) is 1.80. The normalized spacial score (nSPS) is 10.8. The van der Waals surface area contributed by atoms with Crippen molar-refractivity contribution in [2.75, 3.05) is 11.1 Å². The third kappa shape index (κ3) is 2.40. The number of rotatable bonds is 2. The van der Waals surface area contributed by atoms with Crippen molar-refractivity contribution >= 4 is 28.4 Å². The first kappa shape index (κ1) is 13.0. The highest BCUT2D eigenvalue weighted by molar-refractivity contribution is 6.13. The van der Waals surface area contributed by atoms with E-state index in [2.05, 4.69) is 25.5 Å². The average molecular weight is 282 g/mol. The number of nitrogens with zero attached hydrogens (tertiary/aromatic N) is 3. The van der Waals surface area contributed by atoms with Gasteiger partial charge in [0.2, 0.25) is 0 Å². The highest BCUT2D eigenvalue weighted by Gasteiger charge is 2.15. The molecular formula is C14H14N6O. The minimum Gasteiger partial charge on any atom is -0.383 e. The topological polar surface area (TPSA) is 110 Å². The number of hydrogen-bond donors (Lipinski definition) is 3. The van der Waals surface area contributed by atoms with E-state index < -0.39 is 0 Å². The lowest BCUT2D eigenvalue weighted by molar-refractivity contribution is 0.102. The number of hydrogen-bond acceptors (Lipinski definition) is 5. The van der Waals surface area contributed by atoms with E-state index in [0.717, 1.165) is 5.56 Å². The molecule has 3 aromatic rings. The SMILES string of the molecule is Cc1cc(C(=O)Nc2ccn[nH]2)c2nc(C)nc(N)c2c1. The van der Waals surface area contributed by atoms with Gasteiger partial charge in [-0.05, 0) is 31.5 Å². The first-order chi connectivity index (χ1) is 10.0. The number of fused-ring (bicyclic) bond motifs is 1. The van der Waals surface area contributed by atoms with Crippen LogP contribution >= 0.6 is 0 Å². The Hall–Kier alpha value is -2.96. The van der Waals surface area contributed by atoms with Crippen LogP contribution in [0.3, 0.4) is 0 Å². The minimum atomic E-state index is -0.273. The van der Waals surface area contributed by atoms with Gasteiger partial charge in [-0.25, -0.2) is 9.97 Å². The lowest BCUT2D eigenvalue weighted by atomic mass is 10.1. The molecule has 0 fully saturated rings. The highest BCUT2D eigenvalue weighted by Crippen LogP contribution is 2.24. The minimum absolute atomic E-state index is 0.273. The zero-order chi connectivity index (χ0) is 15.0. The van der Waals surface area contributed by atoms with Crippen LogP contribution in [-0.2, 0) is 0 Å². The molecule has 1 aromatic carbocycles. The van der Waals surface area contributed by atoms with Crippen LogP contribution in [0.15, 0.2) is 24.4 Å². The summed E-state index contributed by atoms with van der Waals surface area (Å²) in [5.41, 5.74) is 7.84. The van der Waals surface area contributed by atoms with E-state index in [1.807, 2.05) is 13.0 Å². The van der Waals surface area contributed by atoms with Crippen molar-refractivity contribution in [1.82, 2.24) is 20.2 Å². The van der Waals surface area contributed by atoms with Crippen LogP contribution in [-0.4, -0.2) is 26.1 Å². The van der Waals surface area contributed by atoms with Crippen LogP contribution in [0.5, 0.6) is 0 Å². The number of carbonyl (C=O) groups excluding carboxylic acids is 1. The van der Waals surface area contributed by atoms with E-state index in [-0.39, 0.29) is 5.91 Å². The Labute approximate surface area is 120 Å². The Bertz CT molecular complexity index is 825. The van der Waals surface area contributed by atoms with Crippen LogP contribution in [0.1, 0.15) is 21.7 Å². The molecule has 0 spiro atoms. The molecule has 0 atom stereocenters. The fourth-order valence-corrected chi connectivity index (χ4v) is 2.20. The van der Waals surface area contributed by atoms with Gasteiger partial charge in [0.15, 0.2) is 0 Å². The van der Waals surface area contributed by atoms with Gasteiger partial charge in [-0.3, -0.25) is 9.89 Å². The summed E-state index contributed by atoms with van der Waals surface area (Å²) in [5.74, 6) is 1.15. The summed E-state index contributed by atoms with van der Waals surface area (Å²) in [7, 11) is 0. The molecule has 21 heavy (non-hydrogen) atoms. The third-order valence-corrected chi connectivity index (χ3v) is 3.08. The Kier molecular flexibility index (Phi) is 3.02. The monoisotopic (exact) mass is 282 g/mol. The molecule has 0 aliphatic carbocycles. The molecule has 2 aromatic heterocycles. The number of nitrogen functional groups attached to an aromatic ring is 1. The van der Waals surface area contributed by atoms with Crippen LogP contribution in [0.25, 0.3) is 10.9 Å². The molecule has 0 saturated carbocycles. The van der Waals surface area contributed by atoms with Gasteiger partial charge in [-0.2, -0.15) is 5.10 Å². The van der Waals surface area contributed by atoms with E-state index >= 15 is 0 Å². The second kappa shape index (κ2) is 4.86. The molecule has 1 amide bonds. The fraction of sp³-hybridized carbons (Fsp3) is 0.143. The molecule has 7 heteroatoms. The quantitative estimate of drug-likeness (QED) is 0.664. The van der Waals surface area contributed by atoms with E-state index in [1.165, 1.54) is 0 Å². The molecule has 4 N–H and O–H groups in total. The first-order valence-electron chi connectivity index (χ1n) is 6.40. The first-order valence-corrected chi connectivity index (χ1v) is 6.40. The summed E-state index contributed by atoms with van der Waals surface area (Å²) in [5, 5.41) is 9.89. The fourth-order valence-electron chi connectivity index (χ4n) is 2.20.